The molecule has 0 radical (unpaired) electrons. The van der Waals surface area contributed by atoms with Crippen LogP contribution < -0.4 is 10.6 Å². The highest BCUT2D eigenvalue weighted by Crippen LogP contribution is 2.14. The lowest BCUT2D eigenvalue weighted by Crippen LogP contribution is -2.30. The van der Waals surface area contributed by atoms with Crippen LogP contribution in [0.5, 0.6) is 0 Å². The molecule has 2 aromatic carbocycles. The van der Waals surface area contributed by atoms with E-state index in [0.717, 1.165) is 11.1 Å². The van der Waals surface area contributed by atoms with Crippen LogP contribution in [0.4, 0.5) is 14.9 Å². The first kappa shape index (κ1) is 18.8. The molecule has 6 nitrogen and oxygen atoms in total. The molecule has 0 spiro atoms. The lowest BCUT2D eigenvalue weighted by atomic mass is 10.1. The van der Waals surface area contributed by atoms with Gasteiger partial charge in [0.2, 0.25) is 5.91 Å². The van der Waals surface area contributed by atoms with Crippen LogP contribution in [0.3, 0.4) is 0 Å². The summed E-state index contributed by atoms with van der Waals surface area (Å²) in [7, 11) is 0. The third-order valence-corrected chi connectivity index (χ3v) is 4.45. The summed E-state index contributed by atoms with van der Waals surface area (Å²) in [6.07, 6.45) is 0.472. The van der Waals surface area contributed by atoms with Gasteiger partial charge in [-0.25, -0.2) is 9.18 Å². The Morgan fingerprint density at radius 3 is 2.37 bits per heavy atom. The number of rotatable bonds is 5. The molecule has 1 saturated heterocycles. The van der Waals surface area contributed by atoms with Crippen molar-refractivity contribution in [2.45, 2.75) is 25.5 Å². The molecule has 27 heavy (non-hydrogen) atoms. The Morgan fingerprint density at radius 2 is 1.74 bits per heavy atom. The van der Waals surface area contributed by atoms with Crippen molar-refractivity contribution in [2.75, 3.05) is 18.4 Å². The van der Waals surface area contributed by atoms with Crippen molar-refractivity contribution < 1.29 is 19.1 Å². The minimum atomic E-state index is -0.422. The molecular formula is C20H22FN3O3. The molecular weight excluding hydrogens is 349 g/mol. The summed E-state index contributed by atoms with van der Waals surface area (Å²) in [5, 5.41) is 14.9. The van der Waals surface area contributed by atoms with Crippen molar-refractivity contribution in [1.29, 1.82) is 0 Å². The van der Waals surface area contributed by atoms with Gasteiger partial charge in [0.25, 0.3) is 0 Å². The molecule has 0 saturated carbocycles. The van der Waals surface area contributed by atoms with Crippen LogP contribution in [0, 0.1) is 5.82 Å². The van der Waals surface area contributed by atoms with Gasteiger partial charge in [-0.05, 0) is 41.8 Å². The maximum Gasteiger partial charge on any atom is 0.319 e. The number of carbonyl (C=O) groups excluding carboxylic acids is 2. The third-order valence-electron chi connectivity index (χ3n) is 4.45. The second kappa shape index (κ2) is 8.64. The number of halogens is 1. The molecule has 1 fully saturated rings. The fourth-order valence-electron chi connectivity index (χ4n) is 2.92. The van der Waals surface area contributed by atoms with Crippen LogP contribution in [0.2, 0.25) is 0 Å². The van der Waals surface area contributed by atoms with Gasteiger partial charge in [-0.1, -0.05) is 24.3 Å². The monoisotopic (exact) mass is 371 g/mol. The number of hydrogen-bond donors (Lipinski definition) is 3. The average molecular weight is 371 g/mol. The number of aliphatic hydroxyl groups is 1. The molecule has 1 aliphatic heterocycles. The van der Waals surface area contributed by atoms with Gasteiger partial charge in [-0.2, -0.15) is 0 Å². The predicted octanol–water partition coefficient (Wildman–Crippen LogP) is 2.28. The summed E-state index contributed by atoms with van der Waals surface area (Å²) in [4.78, 5) is 25.8. The van der Waals surface area contributed by atoms with Gasteiger partial charge < -0.3 is 20.6 Å². The number of nitrogens with one attached hydrogen (secondary N) is 2. The molecule has 1 heterocycles. The van der Waals surface area contributed by atoms with Crippen LogP contribution in [-0.2, 0) is 17.8 Å². The van der Waals surface area contributed by atoms with Crippen LogP contribution in [0.25, 0.3) is 0 Å². The molecule has 1 aliphatic rings. The quantitative estimate of drug-likeness (QED) is 0.754. The Bertz CT molecular complexity index is 793. The van der Waals surface area contributed by atoms with Gasteiger partial charge in [-0.3, -0.25) is 4.79 Å². The van der Waals surface area contributed by atoms with Crippen LogP contribution in [0.1, 0.15) is 17.5 Å². The van der Waals surface area contributed by atoms with E-state index in [9.17, 15) is 19.1 Å². The highest BCUT2D eigenvalue weighted by molar-refractivity contribution is 5.89. The Hall–Kier alpha value is -2.93. The summed E-state index contributed by atoms with van der Waals surface area (Å²) >= 11 is 0. The molecule has 1 atom stereocenters. The SMILES string of the molecule is O=C(NCc1ccc(F)cc1)Nc1ccc(CC(=O)N2CCC(O)C2)cc1. The number of hydrogen-bond acceptors (Lipinski definition) is 3. The lowest BCUT2D eigenvalue weighted by Gasteiger charge is -2.15. The Balaban J connectivity index is 1.46. The number of carbonyl (C=O) groups is 2. The van der Waals surface area contributed by atoms with E-state index in [2.05, 4.69) is 10.6 Å². The highest BCUT2D eigenvalue weighted by Gasteiger charge is 2.24. The van der Waals surface area contributed by atoms with Crippen molar-refractivity contribution in [3.63, 3.8) is 0 Å². The summed E-state index contributed by atoms with van der Waals surface area (Å²) in [5.41, 5.74) is 2.26. The number of likely N-dealkylation sites (tertiary alicyclic amines) is 1. The smallest absolute Gasteiger partial charge is 0.319 e. The fourth-order valence-corrected chi connectivity index (χ4v) is 2.92. The molecule has 0 bridgehead atoms. The molecule has 7 heteroatoms. The fraction of sp³-hybridized carbons (Fsp3) is 0.300. The van der Waals surface area contributed by atoms with Gasteiger partial charge in [0.15, 0.2) is 0 Å². The molecule has 2 aromatic rings. The second-order valence-electron chi connectivity index (χ2n) is 6.59. The first-order valence-electron chi connectivity index (χ1n) is 8.83. The number of anilines is 1. The minimum Gasteiger partial charge on any atom is -0.391 e. The molecule has 0 aliphatic carbocycles. The van der Waals surface area contributed by atoms with E-state index in [-0.39, 0.29) is 24.2 Å². The highest BCUT2D eigenvalue weighted by atomic mass is 19.1. The summed E-state index contributed by atoms with van der Waals surface area (Å²) in [6.45, 7) is 1.28. The lowest BCUT2D eigenvalue weighted by molar-refractivity contribution is -0.129. The zero-order valence-electron chi connectivity index (χ0n) is 14.8. The molecule has 3 N–H and O–H groups in total. The number of amides is 3. The van der Waals surface area contributed by atoms with Gasteiger partial charge in [0.1, 0.15) is 5.82 Å². The van der Waals surface area contributed by atoms with E-state index < -0.39 is 6.10 Å². The summed E-state index contributed by atoms with van der Waals surface area (Å²) < 4.78 is 12.9. The number of aliphatic hydroxyl groups excluding tert-OH is 1. The maximum absolute atomic E-state index is 12.9. The van der Waals surface area contributed by atoms with Crippen molar-refractivity contribution in [3.05, 3.63) is 65.5 Å². The van der Waals surface area contributed by atoms with Crippen molar-refractivity contribution >= 4 is 17.6 Å². The summed E-state index contributed by atoms with van der Waals surface area (Å²) in [5.74, 6) is -0.327. The van der Waals surface area contributed by atoms with Gasteiger partial charge >= 0.3 is 6.03 Å². The minimum absolute atomic E-state index is 0.00991. The number of benzene rings is 2. The normalized spacial score (nSPS) is 16.2. The van der Waals surface area contributed by atoms with E-state index in [4.69, 9.17) is 0 Å². The Kier molecular flexibility index (Phi) is 6.03. The standard InChI is InChI=1S/C20H22FN3O3/c21-16-5-1-15(2-6-16)12-22-20(27)23-17-7-3-14(4-8-17)11-19(26)24-10-9-18(25)13-24/h1-8,18,25H,9-13H2,(H2,22,23,27). The molecule has 1 unspecified atom stereocenters. The number of β-amino-alcohol motifs (C(OH)–C–C–N with tert-alkyl or cyclic N) is 1. The van der Waals surface area contributed by atoms with Crippen LogP contribution in [0.15, 0.2) is 48.5 Å². The zero-order valence-corrected chi connectivity index (χ0v) is 14.8. The van der Waals surface area contributed by atoms with E-state index >= 15 is 0 Å². The molecule has 0 aromatic heterocycles. The average Bonchev–Trinajstić information content (AvgIpc) is 3.09. The Labute approximate surface area is 157 Å². The van der Waals surface area contributed by atoms with E-state index in [1.807, 2.05) is 0 Å². The molecule has 3 amide bonds. The second-order valence-corrected chi connectivity index (χ2v) is 6.59. The van der Waals surface area contributed by atoms with E-state index in [1.54, 1.807) is 41.3 Å². The summed E-state index contributed by atoms with van der Waals surface area (Å²) in [6, 6.07) is 12.6. The third kappa shape index (κ3) is 5.52. The van der Waals surface area contributed by atoms with E-state index in [0.29, 0.717) is 31.7 Å². The van der Waals surface area contributed by atoms with Crippen LogP contribution >= 0.6 is 0 Å². The number of nitrogens with zero attached hydrogens (tertiary/aromatic N) is 1. The molecule has 142 valence electrons. The zero-order chi connectivity index (χ0) is 19.2. The van der Waals surface area contributed by atoms with E-state index in [1.165, 1.54) is 12.1 Å². The van der Waals surface area contributed by atoms with Gasteiger partial charge in [-0.15, -0.1) is 0 Å². The number of urea groups is 1. The first-order chi connectivity index (χ1) is 13.0. The maximum atomic E-state index is 12.9. The first-order valence-corrected chi connectivity index (χ1v) is 8.83. The van der Waals surface area contributed by atoms with Crippen molar-refractivity contribution in [3.8, 4) is 0 Å². The van der Waals surface area contributed by atoms with Crippen molar-refractivity contribution in [1.82, 2.24) is 10.2 Å². The predicted molar refractivity (Wildman–Crippen MR) is 99.6 cm³/mol. The van der Waals surface area contributed by atoms with Gasteiger partial charge in [0, 0.05) is 25.3 Å². The van der Waals surface area contributed by atoms with Crippen LogP contribution in [-0.4, -0.2) is 41.1 Å². The van der Waals surface area contributed by atoms with Gasteiger partial charge in [0.05, 0.1) is 12.5 Å². The Morgan fingerprint density at radius 1 is 1.07 bits per heavy atom. The van der Waals surface area contributed by atoms with Crippen molar-refractivity contribution in [2.24, 2.45) is 0 Å². The topological polar surface area (TPSA) is 81.7 Å². The largest absolute Gasteiger partial charge is 0.391 e. The molecule has 3 rings (SSSR count).